The minimum atomic E-state index is 0.439. The SMILES string of the molecule is CCNC(=NCc1cccc(C#N)c1)NC1CCN(c2cccs2)CC1. The Morgan fingerprint density at radius 3 is 2.85 bits per heavy atom. The van der Waals surface area contributed by atoms with E-state index in [9.17, 15) is 0 Å². The lowest BCUT2D eigenvalue weighted by atomic mass is 10.1. The monoisotopic (exact) mass is 367 g/mol. The zero-order valence-corrected chi connectivity index (χ0v) is 15.9. The average Bonchev–Trinajstić information content (AvgIpc) is 3.22. The van der Waals surface area contributed by atoms with Crippen molar-refractivity contribution in [3.05, 3.63) is 52.9 Å². The van der Waals surface area contributed by atoms with Gasteiger partial charge in [-0.15, -0.1) is 11.3 Å². The van der Waals surface area contributed by atoms with Crippen molar-refractivity contribution in [3.63, 3.8) is 0 Å². The van der Waals surface area contributed by atoms with Gasteiger partial charge in [0.2, 0.25) is 0 Å². The van der Waals surface area contributed by atoms with E-state index in [1.807, 2.05) is 35.6 Å². The van der Waals surface area contributed by atoms with Gasteiger partial charge in [0.1, 0.15) is 0 Å². The van der Waals surface area contributed by atoms with Crippen LogP contribution in [0, 0.1) is 11.3 Å². The molecule has 26 heavy (non-hydrogen) atoms. The topological polar surface area (TPSA) is 63.5 Å². The standard InChI is InChI=1S/C20H25N5S/c1-2-22-20(23-15-17-6-3-5-16(13-17)14-21)24-18-8-10-25(11-9-18)19-7-4-12-26-19/h3-7,12-13,18H,2,8-11,15H2,1H3,(H2,22,23,24). The van der Waals surface area contributed by atoms with Crippen LogP contribution >= 0.6 is 11.3 Å². The predicted octanol–water partition coefficient (Wildman–Crippen LogP) is 3.34. The highest BCUT2D eigenvalue weighted by atomic mass is 32.1. The number of guanidine groups is 1. The third-order valence-corrected chi connectivity index (χ3v) is 5.40. The molecule has 1 aliphatic heterocycles. The van der Waals surface area contributed by atoms with E-state index in [1.165, 1.54) is 5.00 Å². The van der Waals surface area contributed by atoms with Crippen LogP contribution in [0.2, 0.25) is 0 Å². The van der Waals surface area contributed by atoms with Crippen molar-refractivity contribution in [2.75, 3.05) is 24.5 Å². The van der Waals surface area contributed by atoms with Crippen LogP contribution in [-0.4, -0.2) is 31.6 Å². The largest absolute Gasteiger partial charge is 0.363 e. The first-order chi connectivity index (χ1) is 12.8. The lowest BCUT2D eigenvalue weighted by Gasteiger charge is -2.33. The van der Waals surface area contributed by atoms with E-state index in [0.717, 1.165) is 44.0 Å². The number of anilines is 1. The van der Waals surface area contributed by atoms with Gasteiger partial charge >= 0.3 is 0 Å². The minimum Gasteiger partial charge on any atom is -0.363 e. The lowest BCUT2D eigenvalue weighted by molar-refractivity contribution is 0.463. The van der Waals surface area contributed by atoms with Gasteiger partial charge in [0.05, 0.1) is 23.2 Å². The van der Waals surface area contributed by atoms with Gasteiger partial charge in [-0.1, -0.05) is 12.1 Å². The van der Waals surface area contributed by atoms with E-state index in [1.54, 1.807) is 0 Å². The quantitative estimate of drug-likeness (QED) is 0.628. The molecule has 2 heterocycles. The van der Waals surface area contributed by atoms with Gasteiger partial charge in [-0.05, 0) is 55.0 Å². The van der Waals surface area contributed by atoms with Gasteiger partial charge in [-0.2, -0.15) is 5.26 Å². The Morgan fingerprint density at radius 2 is 2.15 bits per heavy atom. The van der Waals surface area contributed by atoms with Crippen LogP contribution in [0.25, 0.3) is 0 Å². The summed E-state index contributed by atoms with van der Waals surface area (Å²) in [5.41, 5.74) is 1.73. The summed E-state index contributed by atoms with van der Waals surface area (Å²) in [5, 5.41) is 19.4. The third-order valence-electron chi connectivity index (χ3n) is 4.47. The van der Waals surface area contributed by atoms with Gasteiger partial charge in [-0.3, -0.25) is 0 Å². The normalized spacial score (nSPS) is 15.5. The molecule has 0 unspecified atom stereocenters. The van der Waals surface area contributed by atoms with E-state index in [4.69, 9.17) is 10.3 Å². The number of hydrogen-bond acceptors (Lipinski definition) is 4. The number of nitriles is 1. The molecule has 1 fully saturated rings. The second-order valence-corrected chi connectivity index (χ2v) is 7.29. The van der Waals surface area contributed by atoms with Gasteiger partial charge in [0, 0.05) is 25.7 Å². The summed E-state index contributed by atoms with van der Waals surface area (Å²) in [5.74, 6) is 0.851. The molecule has 0 radical (unpaired) electrons. The Kier molecular flexibility index (Phi) is 6.50. The first kappa shape index (κ1) is 18.3. The lowest BCUT2D eigenvalue weighted by Crippen LogP contribution is -2.48. The van der Waals surface area contributed by atoms with Crippen molar-refractivity contribution in [3.8, 4) is 6.07 Å². The van der Waals surface area contributed by atoms with Crippen LogP contribution in [0.3, 0.4) is 0 Å². The Balaban J connectivity index is 1.55. The smallest absolute Gasteiger partial charge is 0.191 e. The van der Waals surface area contributed by atoms with Crippen LogP contribution in [0.15, 0.2) is 46.8 Å². The summed E-state index contributed by atoms with van der Waals surface area (Å²) in [6, 6.07) is 14.6. The van der Waals surface area contributed by atoms with Gasteiger partial charge in [0.15, 0.2) is 5.96 Å². The summed E-state index contributed by atoms with van der Waals surface area (Å²) >= 11 is 1.81. The zero-order chi connectivity index (χ0) is 18.2. The molecule has 0 amide bonds. The molecule has 1 saturated heterocycles. The number of rotatable bonds is 5. The van der Waals surface area contributed by atoms with Gasteiger partial charge in [-0.25, -0.2) is 4.99 Å². The summed E-state index contributed by atoms with van der Waals surface area (Å²) in [7, 11) is 0. The van der Waals surface area contributed by atoms with E-state index < -0.39 is 0 Å². The molecule has 0 atom stereocenters. The maximum atomic E-state index is 9.02. The maximum Gasteiger partial charge on any atom is 0.191 e. The van der Waals surface area contributed by atoms with E-state index >= 15 is 0 Å². The fourth-order valence-corrected chi connectivity index (χ4v) is 3.90. The molecule has 2 aromatic rings. The number of thiophene rings is 1. The molecule has 0 spiro atoms. The summed E-state index contributed by atoms with van der Waals surface area (Å²) in [4.78, 5) is 7.15. The van der Waals surface area contributed by atoms with Crippen LogP contribution in [0.5, 0.6) is 0 Å². The average molecular weight is 368 g/mol. The Labute approximate surface area is 159 Å². The second-order valence-electron chi connectivity index (χ2n) is 6.36. The number of piperidine rings is 1. The summed E-state index contributed by atoms with van der Waals surface area (Å²) in [6.07, 6.45) is 2.21. The van der Waals surface area contributed by atoms with Crippen molar-refractivity contribution in [1.29, 1.82) is 5.26 Å². The number of nitrogens with zero attached hydrogens (tertiary/aromatic N) is 3. The first-order valence-electron chi connectivity index (χ1n) is 9.11. The number of aliphatic imine (C=N–C) groups is 1. The Morgan fingerprint density at radius 1 is 1.31 bits per heavy atom. The first-order valence-corrected chi connectivity index (χ1v) is 9.99. The van der Waals surface area contributed by atoms with Crippen molar-refractivity contribution in [1.82, 2.24) is 10.6 Å². The molecule has 1 aromatic heterocycles. The molecule has 6 heteroatoms. The number of nitrogens with one attached hydrogen (secondary N) is 2. The van der Waals surface area contributed by atoms with Crippen LogP contribution in [-0.2, 0) is 6.54 Å². The summed E-state index contributed by atoms with van der Waals surface area (Å²) in [6.45, 7) is 5.62. The fourth-order valence-electron chi connectivity index (χ4n) is 3.12. The maximum absolute atomic E-state index is 9.02. The second kappa shape index (κ2) is 9.25. The molecular formula is C20H25N5S. The van der Waals surface area contributed by atoms with Gasteiger partial charge in [0.25, 0.3) is 0 Å². The molecule has 2 N–H and O–H groups in total. The highest BCUT2D eigenvalue weighted by Gasteiger charge is 2.20. The van der Waals surface area contributed by atoms with E-state index in [0.29, 0.717) is 18.2 Å². The highest BCUT2D eigenvalue weighted by Crippen LogP contribution is 2.24. The van der Waals surface area contributed by atoms with Crippen molar-refractivity contribution < 1.29 is 0 Å². The molecule has 0 aliphatic carbocycles. The Hall–Kier alpha value is -2.52. The molecule has 136 valence electrons. The van der Waals surface area contributed by atoms with Crippen molar-refractivity contribution in [2.24, 2.45) is 4.99 Å². The zero-order valence-electron chi connectivity index (χ0n) is 15.1. The molecular weight excluding hydrogens is 342 g/mol. The van der Waals surface area contributed by atoms with Crippen molar-refractivity contribution in [2.45, 2.75) is 32.4 Å². The predicted molar refractivity (Wildman–Crippen MR) is 109 cm³/mol. The van der Waals surface area contributed by atoms with Crippen LogP contribution in [0.1, 0.15) is 30.9 Å². The van der Waals surface area contributed by atoms with Gasteiger partial charge < -0.3 is 15.5 Å². The van der Waals surface area contributed by atoms with Crippen LogP contribution in [0.4, 0.5) is 5.00 Å². The van der Waals surface area contributed by atoms with Crippen molar-refractivity contribution >= 4 is 22.3 Å². The molecule has 3 rings (SSSR count). The summed E-state index contributed by atoms with van der Waals surface area (Å²) < 4.78 is 0. The van der Waals surface area contributed by atoms with Crippen LogP contribution < -0.4 is 15.5 Å². The molecule has 0 saturated carbocycles. The molecule has 1 aromatic carbocycles. The molecule has 5 nitrogen and oxygen atoms in total. The fraction of sp³-hybridized carbons (Fsp3) is 0.400. The van der Waals surface area contributed by atoms with E-state index in [2.05, 4.69) is 46.0 Å². The third kappa shape index (κ3) is 4.99. The molecule has 0 bridgehead atoms. The highest BCUT2D eigenvalue weighted by molar-refractivity contribution is 7.14. The Bertz CT molecular complexity index is 755. The molecule has 1 aliphatic rings. The number of hydrogen-bond donors (Lipinski definition) is 2. The van der Waals surface area contributed by atoms with E-state index in [-0.39, 0.29) is 0 Å². The number of benzene rings is 1. The minimum absolute atomic E-state index is 0.439.